The number of amides is 1. The molecule has 2 aromatic rings. The van der Waals surface area contributed by atoms with Gasteiger partial charge in [0.25, 0.3) is 5.91 Å². The Bertz CT molecular complexity index is 1030. The highest BCUT2D eigenvalue weighted by molar-refractivity contribution is 7.89. The molecule has 0 saturated carbocycles. The van der Waals surface area contributed by atoms with Crippen LogP contribution in [0.25, 0.3) is 0 Å². The molecule has 0 unspecified atom stereocenters. The van der Waals surface area contributed by atoms with Crippen LogP contribution in [0.1, 0.15) is 46.1 Å². The molecule has 0 bridgehead atoms. The fraction of sp³-hybridized carbons (Fsp3) is 0.455. The molecular weight excluding hydrogens is 400 g/mol. The number of pyridine rings is 1. The molecule has 0 spiro atoms. The van der Waals surface area contributed by atoms with E-state index in [2.05, 4.69) is 9.71 Å². The number of carbonyl (C=O) groups excluding carboxylic acids is 1. The number of anilines is 1. The second kappa shape index (κ2) is 9.14. The molecule has 0 fully saturated rings. The molecule has 1 aromatic carbocycles. The minimum absolute atomic E-state index is 0.00452. The van der Waals surface area contributed by atoms with E-state index < -0.39 is 10.0 Å². The highest BCUT2D eigenvalue weighted by Gasteiger charge is 2.25. The van der Waals surface area contributed by atoms with Crippen molar-refractivity contribution in [1.82, 2.24) is 14.6 Å². The van der Waals surface area contributed by atoms with Crippen LogP contribution in [0.3, 0.4) is 0 Å². The Hall–Kier alpha value is -2.45. The first-order chi connectivity index (χ1) is 14.2. The van der Waals surface area contributed by atoms with Gasteiger partial charge in [-0.25, -0.2) is 13.1 Å². The number of rotatable bonds is 7. The molecule has 8 heteroatoms. The number of benzene rings is 1. The maximum atomic E-state index is 13.1. The van der Waals surface area contributed by atoms with Crippen LogP contribution in [0.2, 0.25) is 0 Å². The van der Waals surface area contributed by atoms with Crippen LogP contribution < -0.4 is 9.62 Å². The van der Waals surface area contributed by atoms with Gasteiger partial charge in [-0.2, -0.15) is 0 Å². The Morgan fingerprint density at radius 2 is 2.07 bits per heavy atom. The molecule has 0 aliphatic carbocycles. The van der Waals surface area contributed by atoms with Crippen LogP contribution in [-0.2, 0) is 29.5 Å². The lowest BCUT2D eigenvalue weighted by Gasteiger charge is -2.31. The highest BCUT2D eigenvalue weighted by atomic mass is 32.2. The van der Waals surface area contributed by atoms with Crippen molar-refractivity contribution >= 4 is 21.6 Å². The molecule has 1 amide bonds. The van der Waals surface area contributed by atoms with Gasteiger partial charge in [0.15, 0.2) is 0 Å². The van der Waals surface area contributed by atoms with Crippen LogP contribution in [-0.4, -0.2) is 50.6 Å². The Morgan fingerprint density at radius 1 is 1.30 bits per heavy atom. The summed E-state index contributed by atoms with van der Waals surface area (Å²) in [4.78, 5) is 21.3. The van der Waals surface area contributed by atoms with E-state index in [9.17, 15) is 13.2 Å². The molecule has 1 aliphatic rings. The predicted molar refractivity (Wildman–Crippen MR) is 119 cm³/mol. The molecule has 7 nitrogen and oxygen atoms in total. The highest BCUT2D eigenvalue weighted by Crippen LogP contribution is 2.26. The summed E-state index contributed by atoms with van der Waals surface area (Å²) in [5.41, 5.74) is 5.48. The number of nitrogens with one attached hydrogen (secondary N) is 1. The Morgan fingerprint density at radius 3 is 2.77 bits per heavy atom. The van der Waals surface area contributed by atoms with Gasteiger partial charge in [-0.3, -0.25) is 9.78 Å². The summed E-state index contributed by atoms with van der Waals surface area (Å²) in [5.74, 6) is 0.109. The van der Waals surface area contributed by atoms with E-state index in [1.54, 1.807) is 0 Å². The van der Waals surface area contributed by atoms with Gasteiger partial charge in [-0.15, -0.1) is 0 Å². The van der Waals surface area contributed by atoms with Crippen molar-refractivity contribution in [2.24, 2.45) is 0 Å². The minimum Gasteiger partial charge on any atom is -0.378 e. The van der Waals surface area contributed by atoms with Crippen LogP contribution >= 0.6 is 0 Å². The number of hydrogen-bond acceptors (Lipinski definition) is 5. The van der Waals surface area contributed by atoms with Crippen LogP contribution in [0.4, 0.5) is 5.69 Å². The van der Waals surface area contributed by atoms with E-state index in [0.717, 1.165) is 28.1 Å². The van der Waals surface area contributed by atoms with Gasteiger partial charge in [0.05, 0.1) is 5.75 Å². The molecule has 162 valence electrons. The second-order valence-electron chi connectivity index (χ2n) is 7.89. The first kappa shape index (κ1) is 22.2. The summed E-state index contributed by atoms with van der Waals surface area (Å²) in [5, 5.41) is 0. The Labute approximate surface area is 179 Å². The normalized spacial score (nSPS) is 13.8. The lowest BCUT2D eigenvalue weighted by atomic mass is 9.94. The summed E-state index contributed by atoms with van der Waals surface area (Å²) in [7, 11) is 0.608. The summed E-state index contributed by atoms with van der Waals surface area (Å²) < 4.78 is 26.8. The number of aryl methyl sites for hydroxylation is 1. The maximum absolute atomic E-state index is 13.1. The number of sulfonamides is 1. The van der Waals surface area contributed by atoms with Crippen LogP contribution in [0, 0.1) is 6.92 Å². The number of nitrogens with zero attached hydrogens (tertiary/aromatic N) is 3. The molecule has 0 radical (unpaired) electrons. The average Bonchev–Trinajstić information content (AvgIpc) is 2.72. The summed E-state index contributed by atoms with van der Waals surface area (Å²) in [6.45, 7) is 5.05. The fourth-order valence-electron chi connectivity index (χ4n) is 3.75. The summed E-state index contributed by atoms with van der Waals surface area (Å²) in [6.07, 6.45) is 3.07. The third kappa shape index (κ3) is 4.99. The zero-order valence-electron chi connectivity index (χ0n) is 18.1. The largest absolute Gasteiger partial charge is 0.378 e. The number of aromatic nitrogens is 1. The van der Waals surface area contributed by atoms with Crippen LogP contribution in [0.15, 0.2) is 30.5 Å². The molecule has 1 N–H and O–H groups in total. The van der Waals surface area contributed by atoms with E-state index >= 15 is 0 Å². The van der Waals surface area contributed by atoms with Gasteiger partial charge in [-0.05, 0) is 54.7 Å². The summed E-state index contributed by atoms with van der Waals surface area (Å²) in [6, 6.07) is 7.61. The zero-order chi connectivity index (χ0) is 21.9. The van der Waals surface area contributed by atoms with Crippen molar-refractivity contribution in [1.29, 1.82) is 0 Å². The first-order valence-electron chi connectivity index (χ1n) is 10.2. The topological polar surface area (TPSA) is 82.6 Å². The molecule has 2 heterocycles. The van der Waals surface area contributed by atoms with Crippen molar-refractivity contribution in [3.8, 4) is 0 Å². The number of hydrogen-bond donors (Lipinski definition) is 1. The monoisotopic (exact) mass is 430 g/mol. The lowest BCUT2D eigenvalue weighted by molar-refractivity contribution is 0.0734. The fourth-order valence-corrected chi connectivity index (χ4v) is 4.80. The molecule has 1 aliphatic heterocycles. The van der Waals surface area contributed by atoms with E-state index in [4.69, 9.17) is 0 Å². The van der Waals surface area contributed by atoms with Crippen LogP contribution in [0.5, 0.6) is 0 Å². The van der Waals surface area contributed by atoms with Gasteiger partial charge >= 0.3 is 0 Å². The lowest BCUT2D eigenvalue weighted by Crippen LogP contribution is -2.37. The summed E-state index contributed by atoms with van der Waals surface area (Å²) >= 11 is 0. The standard InChI is InChI=1S/C22H30N4O3S/c1-5-11-30(28,29)24-14-21-16(2)23-13-18-15-26(10-9-20(18)21)22(27)17-7-6-8-19(12-17)25(3)4/h6-8,12-13,24H,5,9-11,14-15H2,1-4H3. The smallest absolute Gasteiger partial charge is 0.254 e. The van der Waals surface area contributed by atoms with Crippen molar-refractivity contribution in [3.63, 3.8) is 0 Å². The number of fused-ring (bicyclic) bond motifs is 1. The number of carbonyl (C=O) groups is 1. The van der Waals surface area contributed by atoms with E-state index in [0.29, 0.717) is 31.5 Å². The minimum atomic E-state index is -3.29. The molecule has 30 heavy (non-hydrogen) atoms. The van der Waals surface area contributed by atoms with Crippen molar-refractivity contribution in [2.45, 2.75) is 39.8 Å². The van der Waals surface area contributed by atoms with Crippen molar-refractivity contribution in [3.05, 3.63) is 58.4 Å². The third-order valence-corrected chi connectivity index (χ3v) is 6.96. The van der Waals surface area contributed by atoms with E-state index in [-0.39, 0.29) is 18.2 Å². The molecule has 1 aromatic heterocycles. The van der Waals surface area contributed by atoms with Gasteiger partial charge in [0.2, 0.25) is 10.0 Å². The molecule has 0 saturated heterocycles. The van der Waals surface area contributed by atoms with Gasteiger partial charge in [-0.1, -0.05) is 13.0 Å². The van der Waals surface area contributed by atoms with Gasteiger partial charge in [0.1, 0.15) is 0 Å². The quantitative estimate of drug-likeness (QED) is 0.730. The second-order valence-corrected chi connectivity index (χ2v) is 9.81. The van der Waals surface area contributed by atoms with Crippen molar-refractivity contribution < 1.29 is 13.2 Å². The third-order valence-electron chi connectivity index (χ3n) is 5.43. The predicted octanol–water partition coefficient (Wildman–Crippen LogP) is 2.48. The van der Waals surface area contributed by atoms with Gasteiger partial charge in [0, 0.05) is 56.9 Å². The average molecular weight is 431 g/mol. The maximum Gasteiger partial charge on any atom is 0.254 e. The first-order valence-corrected chi connectivity index (χ1v) is 11.9. The van der Waals surface area contributed by atoms with Gasteiger partial charge < -0.3 is 9.80 Å². The van der Waals surface area contributed by atoms with E-state index in [1.165, 1.54) is 0 Å². The zero-order valence-corrected chi connectivity index (χ0v) is 18.9. The molecule has 3 rings (SSSR count). The Balaban J connectivity index is 1.80. The SMILES string of the molecule is CCCS(=O)(=O)NCc1c(C)ncc2c1CCN(C(=O)c1cccc(N(C)C)c1)C2. The van der Waals surface area contributed by atoms with Crippen molar-refractivity contribution in [2.75, 3.05) is 31.3 Å². The molecule has 0 atom stereocenters. The Kier molecular flexibility index (Phi) is 6.77. The molecular formula is C22H30N4O3S. The van der Waals surface area contributed by atoms with E-state index in [1.807, 2.05) is 68.2 Å².